The quantitative estimate of drug-likeness (QED) is 0.0766. The van der Waals surface area contributed by atoms with E-state index in [0.29, 0.717) is 62.5 Å². The molecule has 4 aromatic rings. The zero-order chi connectivity index (χ0) is 48.0. The number of amides is 2. The maximum atomic E-state index is 13.0. The van der Waals surface area contributed by atoms with Crippen molar-refractivity contribution in [3.05, 3.63) is 108 Å². The van der Waals surface area contributed by atoms with Crippen molar-refractivity contribution in [3.8, 4) is 0 Å². The van der Waals surface area contributed by atoms with E-state index in [0.717, 1.165) is 48.7 Å². The van der Waals surface area contributed by atoms with Gasteiger partial charge in [0.05, 0.1) is 36.2 Å². The number of nitrogens with zero attached hydrogens (tertiary/aromatic N) is 2. The van der Waals surface area contributed by atoms with Crippen LogP contribution in [-0.4, -0.2) is 93.3 Å². The Kier molecular flexibility index (Phi) is 19.2. The van der Waals surface area contributed by atoms with Crippen LogP contribution in [0.5, 0.6) is 0 Å². The molecule has 2 atom stereocenters. The average molecular weight is 947 g/mol. The molecular formula is C50H70N6O8S2. The maximum Gasteiger partial charge on any atom is 0.242 e. The van der Waals surface area contributed by atoms with Gasteiger partial charge in [0.2, 0.25) is 31.9 Å². The van der Waals surface area contributed by atoms with E-state index >= 15 is 0 Å². The summed E-state index contributed by atoms with van der Waals surface area (Å²) in [5.41, 5.74) is 5.52. The number of benzene rings is 4. The average Bonchev–Trinajstić information content (AvgIpc) is 3.29. The monoisotopic (exact) mass is 946 g/mol. The molecule has 2 saturated heterocycles. The number of sulfonamides is 2. The van der Waals surface area contributed by atoms with E-state index in [9.17, 15) is 26.4 Å². The van der Waals surface area contributed by atoms with Gasteiger partial charge in [0.15, 0.2) is 0 Å². The number of carbonyl (C=O) groups is 2. The van der Waals surface area contributed by atoms with E-state index in [-0.39, 0.29) is 33.4 Å². The summed E-state index contributed by atoms with van der Waals surface area (Å²) in [7, 11) is -7.67. The minimum atomic E-state index is -3.84. The first kappa shape index (κ1) is 52.1. The predicted molar refractivity (Wildman–Crippen MR) is 264 cm³/mol. The van der Waals surface area contributed by atoms with Gasteiger partial charge >= 0.3 is 0 Å². The molecule has 2 heterocycles. The highest BCUT2D eigenvalue weighted by Crippen LogP contribution is 2.24. The van der Waals surface area contributed by atoms with Crippen molar-refractivity contribution in [2.24, 2.45) is 11.8 Å². The van der Waals surface area contributed by atoms with E-state index < -0.39 is 32.1 Å². The lowest BCUT2D eigenvalue weighted by Gasteiger charge is -2.29. The summed E-state index contributed by atoms with van der Waals surface area (Å²) in [5.74, 6) is 0.147. The van der Waals surface area contributed by atoms with Gasteiger partial charge in [0.25, 0.3) is 0 Å². The van der Waals surface area contributed by atoms with Gasteiger partial charge in [-0.05, 0) is 120 Å². The minimum absolute atomic E-state index is 0.135. The van der Waals surface area contributed by atoms with Crippen molar-refractivity contribution in [1.29, 1.82) is 0 Å². The number of carbonyl (C=O) groups excluding carboxylic acids is 2. The van der Waals surface area contributed by atoms with Crippen LogP contribution in [0, 0.1) is 11.8 Å². The Labute approximate surface area is 393 Å². The lowest BCUT2D eigenvalue weighted by molar-refractivity contribution is -0.118. The smallest absolute Gasteiger partial charge is 0.242 e. The van der Waals surface area contributed by atoms with Crippen molar-refractivity contribution in [2.75, 3.05) is 73.0 Å². The molecule has 0 saturated carbocycles. The van der Waals surface area contributed by atoms with Gasteiger partial charge in [-0.1, -0.05) is 79.7 Å². The van der Waals surface area contributed by atoms with Crippen LogP contribution in [0.25, 0.3) is 0 Å². The molecule has 0 bridgehead atoms. The molecular weight excluding hydrogens is 877 g/mol. The summed E-state index contributed by atoms with van der Waals surface area (Å²) in [6.45, 7) is 22.2. The molecule has 66 heavy (non-hydrogen) atoms. The first-order valence-corrected chi connectivity index (χ1v) is 26.0. The molecule has 16 heteroatoms. The zero-order valence-corrected chi connectivity index (χ0v) is 41.4. The molecule has 6 rings (SSSR count). The molecule has 2 fully saturated rings. The number of hydrogen-bond donors (Lipinski definition) is 4. The second kappa shape index (κ2) is 24.3. The van der Waals surface area contributed by atoms with Gasteiger partial charge in [0, 0.05) is 48.9 Å². The van der Waals surface area contributed by atoms with Gasteiger partial charge in [-0.2, -0.15) is 9.44 Å². The summed E-state index contributed by atoms with van der Waals surface area (Å²) in [5, 5.41) is 5.73. The first-order chi connectivity index (χ1) is 31.3. The fraction of sp³-hybridized carbons (Fsp3) is 0.480. The molecule has 0 aromatic heterocycles. The molecule has 0 radical (unpaired) electrons. The number of ether oxygens (including phenoxy) is 2. The van der Waals surface area contributed by atoms with Gasteiger partial charge in [-0.15, -0.1) is 0 Å². The lowest BCUT2D eigenvalue weighted by Crippen LogP contribution is -2.44. The Morgan fingerprint density at radius 3 is 1.06 bits per heavy atom. The van der Waals surface area contributed by atoms with Crippen molar-refractivity contribution in [1.82, 2.24) is 9.44 Å². The van der Waals surface area contributed by atoms with Crippen LogP contribution in [0.4, 0.5) is 22.7 Å². The minimum Gasteiger partial charge on any atom is -0.378 e. The van der Waals surface area contributed by atoms with Crippen LogP contribution in [0.2, 0.25) is 0 Å². The lowest BCUT2D eigenvalue weighted by atomic mass is 10.0. The van der Waals surface area contributed by atoms with E-state index in [2.05, 4.69) is 57.6 Å². The Hall–Kier alpha value is -4.84. The normalized spacial score (nSPS) is 15.6. The van der Waals surface area contributed by atoms with Crippen LogP contribution in [0.1, 0.15) is 91.2 Å². The molecule has 4 aromatic carbocycles. The summed E-state index contributed by atoms with van der Waals surface area (Å²) >= 11 is 0. The largest absolute Gasteiger partial charge is 0.378 e. The third kappa shape index (κ3) is 15.6. The summed E-state index contributed by atoms with van der Waals surface area (Å²) in [6.07, 6.45) is 0.780. The number of anilines is 4. The third-order valence-electron chi connectivity index (χ3n) is 11.4. The zero-order valence-electron chi connectivity index (χ0n) is 39.7. The molecule has 360 valence electrons. The molecule has 2 amide bonds. The fourth-order valence-electron chi connectivity index (χ4n) is 7.55. The molecule has 4 N–H and O–H groups in total. The molecule has 0 unspecified atom stereocenters. The molecule has 2 aliphatic rings. The molecule has 14 nitrogen and oxygen atoms in total. The van der Waals surface area contributed by atoms with Crippen molar-refractivity contribution < 1.29 is 35.9 Å². The topological polar surface area (TPSA) is 175 Å². The highest BCUT2D eigenvalue weighted by Gasteiger charge is 2.29. The van der Waals surface area contributed by atoms with E-state index in [1.807, 2.05) is 100 Å². The van der Waals surface area contributed by atoms with E-state index in [1.165, 1.54) is 0 Å². The Morgan fingerprint density at radius 2 is 0.788 bits per heavy atom. The van der Waals surface area contributed by atoms with Gasteiger partial charge < -0.3 is 29.9 Å². The van der Waals surface area contributed by atoms with E-state index in [4.69, 9.17) is 9.47 Å². The summed E-state index contributed by atoms with van der Waals surface area (Å²) in [6, 6.07) is 27.1. The summed E-state index contributed by atoms with van der Waals surface area (Å²) < 4.78 is 67.9. The standard InChI is InChI=1S/2C25H35N3O4S/c2*1-18(2)17-24(27-33(30,31)23-11-5-20(6-12-23)19(3)4)25(29)26-21-7-9-22(10-8-21)28-13-15-32-16-14-28/h2*5-12,18-19,24,27H,13-17H2,1-4H3,(H,26,29)/t2*24-/m00/s1. The Bertz CT molecular complexity index is 2190. The first-order valence-electron chi connectivity index (χ1n) is 23.0. The molecule has 2 aliphatic heterocycles. The number of nitrogens with one attached hydrogen (secondary N) is 4. The second-order valence-electron chi connectivity index (χ2n) is 18.3. The van der Waals surface area contributed by atoms with Crippen molar-refractivity contribution in [2.45, 2.75) is 102 Å². The second-order valence-corrected chi connectivity index (χ2v) is 21.8. The number of morpholine rings is 2. The highest BCUT2D eigenvalue weighted by atomic mass is 32.2. The van der Waals surface area contributed by atoms with Gasteiger partial charge in [-0.3, -0.25) is 9.59 Å². The number of hydrogen-bond acceptors (Lipinski definition) is 10. The predicted octanol–water partition coefficient (Wildman–Crippen LogP) is 7.96. The van der Waals surface area contributed by atoms with Crippen molar-refractivity contribution >= 4 is 54.6 Å². The summed E-state index contributed by atoms with van der Waals surface area (Å²) in [4.78, 5) is 30.8. The van der Waals surface area contributed by atoms with E-state index in [1.54, 1.807) is 24.3 Å². The van der Waals surface area contributed by atoms with Gasteiger partial charge in [0.1, 0.15) is 12.1 Å². The Balaban J connectivity index is 0.000000247. The third-order valence-corrected chi connectivity index (χ3v) is 14.4. The number of rotatable bonds is 18. The van der Waals surface area contributed by atoms with Crippen LogP contribution < -0.4 is 29.9 Å². The van der Waals surface area contributed by atoms with Gasteiger partial charge in [-0.25, -0.2) is 16.8 Å². The fourth-order valence-corrected chi connectivity index (χ4v) is 9.96. The highest BCUT2D eigenvalue weighted by molar-refractivity contribution is 7.89. The van der Waals surface area contributed by atoms with Crippen LogP contribution in [0.15, 0.2) is 107 Å². The van der Waals surface area contributed by atoms with Crippen LogP contribution in [-0.2, 0) is 39.1 Å². The molecule has 0 aliphatic carbocycles. The van der Waals surface area contributed by atoms with Crippen LogP contribution in [0.3, 0.4) is 0 Å². The Morgan fingerprint density at radius 1 is 0.485 bits per heavy atom. The maximum absolute atomic E-state index is 13.0. The molecule has 0 spiro atoms. The van der Waals surface area contributed by atoms with Crippen molar-refractivity contribution in [3.63, 3.8) is 0 Å². The van der Waals surface area contributed by atoms with Crippen LogP contribution >= 0.6 is 0 Å². The SMILES string of the molecule is CC(C)C[C@H](NS(=O)(=O)c1ccc(C(C)C)cc1)C(=O)Nc1ccc(N2CCOCC2)cc1.CC(C)C[C@H](NS(=O)(=O)c1ccc(C(C)C)cc1)C(=O)Nc1ccc(N2CCOCC2)cc1.